The van der Waals surface area contributed by atoms with Gasteiger partial charge in [0.25, 0.3) is 5.24 Å². The van der Waals surface area contributed by atoms with Crippen LogP contribution in [0.2, 0.25) is 0 Å². The van der Waals surface area contributed by atoms with Crippen molar-refractivity contribution in [3.63, 3.8) is 0 Å². The standard InChI is InChI=1S/C15H10ClNO3S/c16-14(18)12-3-4-13(21-12)15(19)20-8-9-1-2-10-5-6-17-11(10)7-9/h1-7,17H,8H2. The van der Waals surface area contributed by atoms with Crippen LogP contribution in [0, 0.1) is 0 Å². The summed E-state index contributed by atoms with van der Waals surface area (Å²) in [5, 5.41) is 0.532. The van der Waals surface area contributed by atoms with E-state index in [0.29, 0.717) is 9.75 Å². The number of aromatic nitrogens is 1. The molecule has 0 aliphatic carbocycles. The van der Waals surface area contributed by atoms with Gasteiger partial charge in [0.2, 0.25) is 0 Å². The predicted molar refractivity (Wildman–Crippen MR) is 81.9 cm³/mol. The number of carbonyl (C=O) groups is 2. The molecule has 106 valence electrons. The molecule has 4 nitrogen and oxygen atoms in total. The molecule has 21 heavy (non-hydrogen) atoms. The van der Waals surface area contributed by atoms with Gasteiger partial charge in [0.1, 0.15) is 11.5 Å². The number of esters is 1. The molecule has 3 rings (SSSR count). The van der Waals surface area contributed by atoms with Crippen LogP contribution in [0.15, 0.2) is 42.6 Å². The van der Waals surface area contributed by atoms with Crippen molar-refractivity contribution in [1.82, 2.24) is 4.98 Å². The Balaban J connectivity index is 1.68. The average Bonchev–Trinajstić information content (AvgIpc) is 3.12. The summed E-state index contributed by atoms with van der Waals surface area (Å²) in [5.74, 6) is -0.462. The van der Waals surface area contributed by atoms with E-state index in [1.54, 1.807) is 0 Å². The van der Waals surface area contributed by atoms with Gasteiger partial charge in [0, 0.05) is 11.7 Å². The fraction of sp³-hybridized carbons (Fsp3) is 0.0667. The number of H-pyrrole nitrogens is 1. The lowest BCUT2D eigenvalue weighted by Gasteiger charge is -2.03. The van der Waals surface area contributed by atoms with E-state index in [0.717, 1.165) is 27.8 Å². The maximum absolute atomic E-state index is 11.9. The number of halogens is 1. The molecule has 0 saturated carbocycles. The Morgan fingerprint density at radius 2 is 1.95 bits per heavy atom. The highest BCUT2D eigenvalue weighted by molar-refractivity contribution is 7.17. The summed E-state index contributed by atoms with van der Waals surface area (Å²) in [6.45, 7) is 0.176. The van der Waals surface area contributed by atoms with E-state index in [4.69, 9.17) is 16.3 Å². The zero-order chi connectivity index (χ0) is 14.8. The van der Waals surface area contributed by atoms with Gasteiger partial charge in [0.05, 0.1) is 4.88 Å². The van der Waals surface area contributed by atoms with Gasteiger partial charge in [-0.05, 0) is 46.8 Å². The first kappa shape index (κ1) is 13.9. The molecule has 0 saturated heterocycles. The van der Waals surface area contributed by atoms with Crippen LogP contribution in [0.5, 0.6) is 0 Å². The summed E-state index contributed by atoms with van der Waals surface area (Å²) in [4.78, 5) is 26.7. The normalized spacial score (nSPS) is 10.7. The zero-order valence-electron chi connectivity index (χ0n) is 10.8. The van der Waals surface area contributed by atoms with Gasteiger partial charge in [0.15, 0.2) is 0 Å². The second-order valence-electron chi connectivity index (χ2n) is 4.41. The Bertz CT molecular complexity index is 821. The molecule has 0 unspecified atom stereocenters. The smallest absolute Gasteiger partial charge is 0.348 e. The van der Waals surface area contributed by atoms with Gasteiger partial charge >= 0.3 is 5.97 Å². The molecule has 1 aromatic carbocycles. The number of thiophene rings is 1. The summed E-state index contributed by atoms with van der Waals surface area (Å²) >= 11 is 6.38. The molecule has 0 radical (unpaired) electrons. The lowest BCUT2D eigenvalue weighted by atomic mass is 10.2. The Morgan fingerprint density at radius 3 is 2.71 bits per heavy atom. The van der Waals surface area contributed by atoms with E-state index in [9.17, 15) is 9.59 Å². The highest BCUT2D eigenvalue weighted by Gasteiger charge is 2.13. The van der Waals surface area contributed by atoms with Crippen LogP contribution < -0.4 is 0 Å². The fourth-order valence-electron chi connectivity index (χ4n) is 1.96. The van der Waals surface area contributed by atoms with E-state index in [1.807, 2.05) is 30.5 Å². The first-order valence-electron chi connectivity index (χ1n) is 6.16. The minimum Gasteiger partial charge on any atom is -0.457 e. The number of nitrogens with one attached hydrogen (secondary N) is 1. The molecule has 0 aliphatic rings. The zero-order valence-corrected chi connectivity index (χ0v) is 12.3. The van der Waals surface area contributed by atoms with Gasteiger partial charge in [-0.3, -0.25) is 4.79 Å². The van der Waals surface area contributed by atoms with Crippen molar-refractivity contribution in [2.75, 3.05) is 0 Å². The topological polar surface area (TPSA) is 59.2 Å². The second-order valence-corrected chi connectivity index (χ2v) is 5.84. The molecular weight excluding hydrogens is 310 g/mol. The second kappa shape index (κ2) is 5.71. The van der Waals surface area contributed by atoms with Crippen molar-refractivity contribution < 1.29 is 14.3 Å². The van der Waals surface area contributed by atoms with Crippen LogP contribution in [0.1, 0.15) is 24.9 Å². The number of fused-ring (bicyclic) bond motifs is 1. The highest BCUT2D eigenvalue weighted by Crippen LogP contribution is 2.20. The van der Waals surface area contributed by atoms with E-state index >= 15 is 0 Å². The third kappa shape index (κ3) is 2.99. The first-order valence-corrected chi connectivity index (χ1v) is 7.36. The van der Waals surface area contributed by atoms with Crippen LogP contribution in [0.25, 0.3) is 10.9 Å². The number of hydrogen-bond acceptors (Lipinski definition) is 4. The van der Waals surface area contributed by atoms with Crippen molar-refractivity contribution in [2.24, 2.45) is 0 Å². The van der Waals surface area contributed by atoms with Gasteiger partial charge in [-0.1, -0.05) is 12.1 Å². The molecule has 1 N–H and O–H groups in total. The van der Waals surface area contributed by atoms with Gasteiger partial charge in [-0.2, -0.15) is 0 Å². The number of ether oxygens (including phenoxy) is 1. The summed E-state index contributed by atoms with van der Waals surface area (Å²) in [5.41, 5.74) is 1.89. The molecule has 0 bridgehead atoms. The molecule has 0 fully saturated rings. The molecule has 0 amide bonds. The molecule has 6 heteroatoms. The predicted octanol–water partition coefficient (Wildman–Crippen LogP) is 3.97. The van der Waals surface area contributed by atoms with Crippen molar-refractivity contribution >= 4 is 45.1 Å². The quantitative estimate of drug-likeness (QED) is 0.585. The number of aromatic amines is 1. The van der Waals surface area contributed by atoms with E-state index in [2.05, 4.69) is 4.98 Å². The van der Waals surface area contributed by atoms with Crippen molar-refractivity contribution in [3.05, 3.63) is 57.9 Å². The fourth-order valence-corrected chi connectivity index (χ4v) is 2.87. The molecule has 0 spiro atoms. The highest BCUT2D eigenvalue weighted by atomic mass is 35.5. The van der Waals surface area contributed by atoms with Gasteiger partial charge in [-0.15, -0.1) is 11.3 Å². The number of hydrogen-bond donors (Lipinski definition) is 1. The molecular formula is C15H10ClNO3S. The number of carbonyl (C=O) groups excluding carboxylic acids is 2. The third-order valence-electron chi connectivity index (χ3n) is 2.99. The van der Waals surface area contributed by atoms with Gasteiger partial charge < -0.3 is 9.72 Å². The molecule has 2 aromatic heterocycles. The summed E-state index contributed by atoms with van der Waals surface area (Å²) in [6.07, 6.45) is 1.86. The van der Waals surface area contributed by atoms with Crippen molar-refractivity contribution in [2.45, 2.75) is 6.61 Å². The maximum atomic E-state index is 11.9. The van der Waals surface area contributed by atoms with Crippen molar-refractivity contribution in [1.29, 1.82) is 0 Å². The lowest BCUT2D eigenvalue weighted by Crippen LogP contribution is -2.03. The minimum atomic E-state index is -0.573. The minimum absolute atomic E-state index is 0.176. The SMILES string of the molecule is O=C(Cl)c1ccc(C(=O)OCc2ccc3cc[nH]c3c2)s1. The average molecular weight is 320 g/mol. The van der Waals surface area contributed by atoms with Crippen LogP contribution in [0.4, 0.5) is 0 Å². The van der Waals surface area contributed by atoms with Crippen LogP contribution >= 0.6 is 22.9 Å². The van der Waals surface area contributed by atoms with E-state index in [-0.39, 0.29) is 6.61 Å². The summed E-state index contributed by atoms with van der Waals surface area (Å²) in [6, 6.07) is 10.8. The Hall–Kier alpha value is -2.11. The van der Waals surface area contributed by atoms with Crippen LogP contribution in [-0.4, -0.2) is 16.2 Å². The monoisotopic (exact) mass is 319 g/mol. The molecule has 0 atom stereocenters. The number of rotatable bonds is 4. The first-order chi connectivity index (χ1) is 10.1. The Kier molecular flexibility index (Phi) is 3.77. The maximum Gasteiger partial charge on any atom is 0.348 e. The third-order valence-corrected chi connectivity index (χ3v) is 4.37. The van der Waals surface area contributed by atoms with E-state index in [1.165, 1.54) is 12.1 Å². The van der Waals surface area contributed by atoms with Crippen LogP contribution in [0.3, 0.4) is 0 Å². The summed E-state index contributed by atoms with van der Waals surface area (Å²) < 4.78 is 5.24. The largest absolute Gasteiger partial charge is 0.457 e. The Morgan fingerprint density at radius 1 is 1.14 bits per heavy atom. The Labute approximate surface area is 129 Å². The number of benzene rings is 1. The molecule has 0 aliphatic heterocycles. The molecule has 3 aromatic rings. The van der Waals surface area contributed by atoms with Crippen molar-refractivity contribution in [3.8, 4) is 0 Å². The summed E-state index contributed by atoms with van der Waals surface area (Å²) in [7, 11) is 0. The van der Waals surface area contributed by atoms with Gasteiger partial charge in [-0.25, -0.2) is 4.79 Å². The lowest BCUT2D eigenvalue weighted by molar-refractivity contribution is 0.0478. The van der Waals surface area contributed by atoms with E-state index < -0.39 is 11.2 Å². The van der Waals surface area contributed by atoms with Crippen LogP contribution in [-0.2, 0) is 11.3 Å². The molecule has 2 heterocycles.